The third-order valence-corrected chi connectivity index (χ3v) is 2.94. The van der Waals surface area contributed by atoms with E-state index < -0.39 is 0 Å². The van der Waals surface area contributed by atoms with Gasteiger partial charge in [0.25, 0.3) is 0 Å². The van der Waals surface area contributed by atoms with Crippen molar-refractivity contribution in [3.8, 4) is 0 Å². The molecule has 0 bridgehead atoms. The molecule has 0 aromatic heterocycles. The second kappa shape index (κ2) is 6.04. The molecule has 0 saturated heterocycles. The third-order valence-electron chi connectivity index (χ3n) is 1.86. The van der Waals surface area contributed by atoms with Crippen LogP contribution < -0.4 is 11.3 Å². The van der Waals surface area contributed by atoms with E-state index in [9.17, 15) is 4.79 Å². The van der Waals surface area contributed by atoms with Crippen molar-refractivity contribution >= 4 is 28.6 Å². The van der Waals surface area contributed by atoms with E-state index in [0.717, 1.165) is 5.56 Å². The first kappa shape index (κ1) is 12.4. The molecule has 1 aromatic rings. The van der Waals surface area contributed by atoms with Gasteiger partial charge in [0.1, 0.15) is 0 Å². The Kier molecular flexibility index (Phi) is 5.00. The largest absolute Gasteiger partial charge is 0.462 e. The molecule has 4 nitrogen and oxygen atoms in total. The van der Waals surface area contributed by atoms with Gasteiger partial charge in [0, 0.05) is 0 Å². The van der Waals surface area contributed by atoms with Gasteiger partial charge in [-0.2, -0.15) is 0 Å². The Morgan fingerprint density at radius 2 is 2.13 bits per heavy atom. The Labute approximate surface area is 102 Å². The number of carbonyl (C=O) groups excluding carboxylic acids is 1. The lowest BCUT2D eigenvalue weighted by Crippen LogP contribution is -2.23. The summed E-state index contributed by atoms with van der Waals surface area (Å²) in [5.41, 5.74) is 4.20. The molecule has 0 fully saturated rings. The second-order valence-electron chi connectivity index (χ2n) is 2.87. The van der Waals surface area contributed by atoms with E-state index in [1.54, 1.807) is 19.1 Å². The predicted molar refractivity (Wildman–Crippen MR) is 66.5 cm³/mol. The fraction of sp³-hybridized carbons (Fsp3) is 0.300. The Hall–Kier alpha value is -0.660. The molecule has 0 aliphatic carbocycles. The number of esters is 1. The highest BCUT2D eigenvalue weighted by Crippen LogP contribution is 2.19. The fourth-order valence-electron chi connectivity index (χ4n) is 1.10. The van der Waals surface area contributed by atoms with Crippen molar-refractivity contribution in [3.05, 3.63) is 35.4 Å². The maximum atomic E-state index is 11.3. The summed E-state index contributed by atoms with van der Waals surface area (Å²) in [6, 6.07) is 7.17. The van der Waals surface area contributed by atoms with Crippen molar-refractivity contribution in [2.45, 2.75) is 11.0 Å². The molecule has 0 amide bonds. The smallest absolute Gasteiger partial charge is 0.338 e. The molecule has 0 aliphatic rings. The molecule has 1 aromatic carbocycles. The second-order valence-corrected chi connectivity index (χ2v) is 4.12. The molecule has 3 N–H and O–H groups in total. The minimum Gasteiger partial charge on any atom is -0.462 e. The van der Waals surface area contributed by atoms with Gasteiger partial charge in [-0.15, -0.1) is 0 Å². The minimum atomic E-state index is -0.297. The third kappa shape index (κ3) is 3.44. The molecule has 82 valence electrons. The van der Waals surface area contributed by atoms with E-state index in [2.05, 4.69) is 28.0 Å². The van der Waals surface area contributed by atoms with Crippen LogP contribution >= 0.6 is 22.6 Å². The van der Waals surface area contributed by atoms with Crippen LogP contribution in [0.25, 0.3) is 0 Å². The first-order valence-electron chi connectivity index (χ1n) is 4.56. The molecule has 1 rings (SSSR count). The van der Waals surface area contributed by atoms with Crippen LogP contribution in [0.4, 0.5) is 0 Å². The summed E-state index contributed by atoms with van der Waals surface area (Å²) in [5, 5.41) is 0. The molecule has 0 saturated carbocycles. The van der Waals surface area contributed by atoms with E-state index in [0.29, 0.717) is 12.2 Å². The van der Waals surface area contributed by atoms with Gasteiger partial charge >= 0.3 is 5.97 Å². The van der Waals surface area contributed by atoms with Gasteiger partial charge in [-0.1, -0.05) is 34.7 Å². The lowest BCUT2D eigenvalue weighted by molar-refractivity contribution is 0.0526. The molecule has 15 heavy (non-hydrogen) atoms. The van der Waals surface area contributed by atoms with Crippen LogP contribution in [0.5, 0.6) is 0 Å². The first-order valence-corrected chi connectivity index (χ1v) is 5.81. The molecule has 0 unspecified atom stereocenters. The van der Waals surface area contributed by atoms with Crippen LogP contribution in [0.1, 0.15) is 26.9 Å². The Balaban J connectivity index is 2.76. The van der Waals surface area contributed by atoms with Crippen LogP contribution in [0.2, 0.25) is 0 Å². The van der Waals surface area contributed by atoms with Gasteiger partial charge in [0.2, 0.25) is 0 Å². The SMILES string of the molecule is CCOC(=O)c1ccc([C@@H](I)NN)cc1. The molecule has 1 atom stereocenters. The number of nitrogens with two attached hydrogens (primary N) is 1. The number of carbonyl (C=O) groups is 1. The van der Waals surface area contributed by atoms with Crippen LogP contribution in [-0.2, 0) is 4.74 Å². The molecule has 0 radical (unpaired) electrons. The number of benzene rings is 1. The number of ether oxygens (including phenoxy) is 1. The number of rotatable bonds is 4. The maximum Gasteiger partial charge on any atom is 0.338 e. The summed E-state index contributed by atoms with van der Waals surface area (Å²) >= 11 is 2.16. The molecule has 0 heterocycles. The fourth-order valence-corrected chi connectivity index (χ4v) is 1.51. The predicted octanol–water partition coefficient (Wildman–Crippen LogP) is 1.76. The minimum absolute atomic E-state index is 0.0406. The normalized spacial score (nSPS) is 12.2. The van der Waals surface area contributed by atoms with Gasteiger partial charge in [0.05, 0.1) is 16.2 Å². The summed E-state index contributed by atoms with van der Waals surface area (Å²) in [5.74, 6) is 5.00. The Morgan fingerprint density at radius 1 is 1.53 bits per heavy atom. The van der Waals surface area contributed by atoms with Gasteiger partial charge in [-0.05, 0) is 24.6 Å². The van der Waals surface area contributed by atoms with Crippen molar-refractivity contribution in [1.82, 2.24) is 5.43 Å². The number of hydrogen-bond donors (Lipinski definition) is 2. The Bertz CT molecular complexity index is 327. The molecule has 5 heteroatoms. The highest BCUT2D eigenvalue weighted by atomic mass is 127. The molecular weight excluding hydrogens is 307 g/mol. The number of alkyl halides is 1. The monoisotopic (exact) mass is 320 g/mol. The maximum absolute atomic E-state index is 11.3. The van der Waals surface area contributed by atoms with Crippen molar-refractivity contribution in [3.63, 3.8) is 0 Å². The van der Waals surface area contributed by atoms with Crippen LogP contribution in [0, 0.1) is 0 Å². The zero-order valence-electron chi connectivity index (χ0n) is 8.37. The number of hydrogen-bond acceptors (Lipinski definition) is 4. The van der Waals surface area contributed by atoms with Crippen molar-refractivity contribution < 1.29 is 9.53 Å². The molecule has 0 spiro atoms. The standard InChI is InChI=1S/C10H13IN2O2/c1-2-15-10(14)8-5-3-7(4-6-8)9(11)13-12/h3-6,9,13H,2,12H2,1H3/t9-/m0/s1. The highest BCUT2D eigenvalue weighted by Gasteiger charge is 2.08. The summed E-state index contributed by atoms with van der Waals surface area (Å²) in [6.45, 7) is 2.17. The van der Waals surface area contributed by atoms with Crippen LogP contribution in [0.3, 0.4) is 0 Å². The van der Waals surface area contributed by atoms with E-state index in [1.807, 2.05) is 12.1 Å². The van der Waals surface area contributed by atoms with Crippen molar-refractivity contribution in [1.29, 1.82) is 0 Å². The summed E-state index contributed by atoms with van der Waals surface area (Å²) in [4.78, 5) is 11.3. The van der Waals surface area contributed by atoms with Gasteiger partial charge in [-0.25, -0.2) is 10.2 Å². The van der Waals surface area contributed by atoms with Crippen molar-refractivity contribution in [2.24, 2.45) is 5.84 Å². The van der Waals surface area contributed by atoms with Crippen LogP contribution in [-0.4, -0.2) is 12.6 Å². The topological polar surface area (TPSA) is 64.3 Å². The molecular formula is C10H13IN2O2. The van der Waals surface area contributed by atoms with Crippen molar-refractivity contribution in [2.75, 3.05) is 6.61 Å². The van der Waals surface area contributed by atoms with E-state index in [1.165, 1.54) is 0 Å². The van der Waals surface area contributed by atoms with Gasteiger partial charge in [0.15, 0.2) is 0 Å². The van der Waals surface area contributed by atoms with Gasteiger partial charge in [-0.3, -0.25) is 5.84 Å². The summed E-state index contributed by atoms with van der Waals surface area (Å²) < 4.78 is 4.91. The average molecular weight is 320 g/mol. The quantitative estimate of drug-likeness (QED) is 0.222. The van der Waals surface area contributed by atoms with E-state index in [-0.39, 0.29) is 10.0 Å². The lowest BCUT2D eigenvalue weighted by Gasteiger charge is -2.08. The highest BCUT2D eigenvalue weighted by molar-refractivity contribution is 14.1. The number of nitrogens with one attached hydrogen (secondary N) is 1. The Morgan fingerprint density at radius 3 is 2.60 bits per heavy atom. The zero-order valence-corrected chi connectivity index (χ0v) is 10.5. The van der Waals surface area contributed by atoms with Crippen LogP contribution in [0.15, 0.2) is 24.3 Å². The van der Waals surface area contributed by atoms with Gasteiger partial charge < -0.3 is 4.74 Å². The average Bonchev–Trinajstić information content (AvgIpc) is 2.28. The first-order chi connectivity index (χ1) is 7.19. The summed E-state index contributed by atoms with van der Waals surface area (Å²) in [6.07, 6.45) is 0. The zero-order chi connectivity index (χ0) is 11.3. The van der Waals surface area contributed by atoms with E-state index in [4.69, 9.17) is 10.6 Å². The summed E-state index contributed by atoms with van der Waals surface area (Å²) in [7, 11) is 0. The number of halogens is 1. The van der Waals surface area contributed by atoms with E-state index >= 15 is 0 Å². The lowest BCUT2D eigenvalue weighted by atomic mass is 10.1. The molecule has 0 aliphatic heterocycles. The number of hydrazine groups is 1.